The van der Waals surface area contributed by atoms with Gasteiger partial charge in [0.2, 0.25) is 5.91 Å². The van der Waals surface area contributed by atoms with Gasteiger partial charge in [0, 0.05) is 50.1 Å². The van der Waals surface area contributed by atoms with Crippen molar-refractivity contribution in [1.29, 1.82) is 5.26 Å². The molecule has 4 heterocycles. The van der Waals surface area contributed by atoms with Crippen molar-refractivity contribution in [1.82, 2.24) is 24.7 Å². The van der Waals surface area contributed by atoms with Crippen LogP contribution in [0.5, 0.6) is 6.01 Å². The number of likely N-dealkylation sites (N-methyl/N-ethyl adjacent to an activating group) is 1. The van der Waals surface area contributed by atoms with E-state index in [4.69, 9.17) is 19.4 Å². The fraction of sp³-hybridized carbons (Fsp3) is 0.613. The van der Waals surface area contributed by atoms with Crippen LogP contribution in [0.25, 0.3) is 0 Å². The molecule has 1 aromatic heterocycles. The van der Waals surface area contributed by atoms with E-state index in [1.54, 1.807) is 4.90 Å². The molecular formula is C31H41N7O3. The molecule has 0 N–H and O–H groups in total. The number of hydrogen-bond acceptors (Lipinski definition) is 9. The largest absolute Gasteiger partial charge is 0.494 e. The summed E-state index contributed by atoms with van der Waals surface area (Å²) in [6.07, 6.45) is 13.1. The minimum absolute atomic E-state index is 0.127. The highest BCUT2D eigenvalue weighted by atomic mass is 16.5. The molecule has 2 saturated heterocycles. The average Bonchev–Trinajstić information content (AvgIpc) is 3.43. The number of rotatable bonds is 7. The maximum atomic E-state index is 12.5. The van der Waals surface area contributed by atoms with Crippen LogP contribution in [0.15, 0.2) is 36.3 Å². The zero-order valence-corrected chi connectivity index (χ0v) is 24.1. The number of amides is 1. The highest BCUT2D eigenvalue weighted by Crippen LogP contribution is 2.36. The number of hydrogen-bond donors (Lipinski definition) is 0. The van der Waals surface area contributed by atoms with Gasteiger partial charge >= 0.3 is 6.01 Å². The van der Waals surface area contributed by atoms with Gasteiger partial charge in [-0.3, -0.25) is 4.79 Å². The summed E-state index contributed by atoms with van der Waals surface area (Å²) in [7, 11) is 2.15. The fourth-order valence-electron chi connectivity index (χ4n) is 7.04. The third-order valence-corrected chi connectivity index (χ3v) is 9.31. The van der Waals surface area contributed by atoms with Crippen LogP contribution in [0.1, 0.15) is 49.8 Å². The molecule has 10 nitrogen and oxygen atoms in total. The van der Waals surface area contributed by atoms with E-state index in [-0.39, 0.29) is 18.4 Å². The maximum absolute atomic E-state index is 12.5. The number of piperazine rings is 1. The number of carbonyl (C=O) groups is 1. The molecule has 1 amide bonds. The van der Waals surface area contributed by atoms with Crippen molar-refractivity contribution >= 4 is 11.7 Å². The third-order valence-electron chi connectivity index (χ3n) is 9.31. The van der Waals surface area contributed by atoms with Crippen LogP contribution in [-0.4, -0.2) is 102 Å². The van der Waals surface area contributed by atoms with Gasteiger partial charge in [-0.2, -0.15) is 15.2 Å². The SMILES string of the molecule is C=CC(=O)N1CCN(c2nc(OC[C@@H]3CCCN3C)nc3c2CC[C@H](N2CCOC4=C2C=CCC4)C3)C[C@@H]1CC#N. The number of aromatic nitrogens is 2. The van der Waals surface area contributed by atoms with Gasteiger partial charge in [0.1, 0.15) is 24.8 Å². The maximum Gasteiger partial charge on any atom is 0.318 e. The van der Waals surface area contributed by atoms with E-state index in [2.05, 4.69) is 46.5 Å². The molecule has 0 saturated carbocycles. The molecule has 3 atom stereocenters. The van der Waals surface area contributed by atoms with Crippen molar-refractivity contribution < 1.29 is 14.3 Å². The Labute approximate surface area is 242 Å². The van der Waals surface area contributed by atoms with E-state index in [1.165, 1.54) is 23.8 Å². The molecule has 0 unspecified atom stereocenters. The zero-order chi connectivity index (χ0) is 28.3. The summed E-state index contributed by atoms with van der Waals surface area (Å²) < 4.78 is 12.3. The molecule has 2 aliphatic carbocycles. The van der Waals surface area contributed by atoms with Crippen molar-refractivity contribution in [3.8, 4) is 12.1 Å². The molecule has 0 bridgehead atoms. The van der Waals surface area contributed by atoms with Gasteiger partial charge in [0.05, 0.1) is 36.5 Å². The predicted molar refractivity (Wildman–Crippen MR) is 155 cm³/mol. The Morgan fingerprint density at radius 2 is 2.12 bits per heavy atom. The first-order valence-electron chi connectivity index (χ1n) is 15.1. The second-order valence-electron chi connectivity index (χ2n) is 11.7. The number of carbonyl (C=O) groups excluding carboxylic acids is 1. The topological polar surface area (TPSA) is 98.1 Å². The Balaban J connectivity index is 1.29. The van der Waals surface area contributed by atoms with E-state index in [0.717, 1.165) is 75.5 Å². The van der Waals surface area contributed by atoms with Crippen molar-refractivity contribution in [3.05, 3.63) is 47.5 Å². The lowest BCUT2D eigenvalue weighted by molar-refractivity contribution is -0.128. The Hall–Kier alpha value is -3.58. The number of ether oxygens (including phenoxy) is 2. The minimum atomic E-state index is -0.213. The lowest BCUT2D eigenvalue weighted by Crippen LogP contribution is -2.55. The molecule has 0 aromatic carbocycles. The Bertz CT molecular complexity index is 1270. The fourth-order valence-corrected chi connectivity index (χ4v) is 7.04. The number of allylic oxidation sites excluding steroid dienone is 3. The standard InChI is InChI=1S/C31H41N7O3/c1-3-29(39)38-16-15-36(20-23(38)12-13-32)30-25-11-10-22(37-17-18-40-28-9-5-4-8-27(28)37)19-26(25)33-31(34-30)41-21-24-7-6-14-35(24)2/h3-4,8,22-24H,1,5-7,9-12,14-21H2,2H3/t22-,23-,24-/m0/s1. The van der Waals surface area contributed by atoms with Gasteiger partial charge < -0.3 is 29.1 Å². The van der Waals surface area contributed by atoms with Gasteiger partial charge in [0.15, 0.2) is 0 Å². The molecule has 2 fully saturated rings. The molecule has 6 rings (SSSR count). The van der Waals surface area contributed by atoms with Crippen LogP contribution < -0.4 is 9.64 Å². The van der Waals surface area contributed by atoms with E-state index in [0.29, 0.717) is 44.3 Å². The molecule has 41 heavy (non-hydrogen) atoms. The number of anilines is 1. The third kappa shape index (κ3) is 5.65. The lowest BCUT2D eigenvalue weighted by Gasteiger charge is -2.43. The van der Waals surface area contributed by atoms with Crippen molar-refractivity contribution in [2.45, 2.75) is 69.5 Å². The summed E-state index contributed by atoms with van der Waals surface area (Å²) in [6, 6.07) is 3.20. The smallest absolute Gasteiger partial charge is 0.318 e. The monoisotopic (exact) mass is 559 g/mol. The van der Waals surface area contributed by atoms with Crippen LogP contribution >= 0.6 is 0 Å². The van der Waals surface area contributed by atoms with Crippen LogP contribution in [0.4, 0.5) is 5.82 Å². The van der Waals surface area contributed by atoms with Gasteiger partial charge in [-0.1, -0.05) is 12.7 Å². The summed E-state index contributed by atoms with van der Waals surface area (Å²) in [5.74, 6) is 1.89. The van der Waals surface area contributed by atoms with Crippen LogP contribution in [0, 0.1) is 11.3 Å². The molecular weight excluding hydrogens is 518 g/mol. The number of fused-ring (bicyclic) bond motifs is 1. The average molecular weight is 560 g/mol. The zero-order valence-electron chi connectivity index (χ0n) is 24.1. The van der Waals surface area contributed by atoms with Crippen molar-refractivity contribution in [3.63, 3.8) is 0 Å². The first-order chi connectivity index (χ1) is 20.1. The molecule has 5 aliphatic rings. The van der Waals surface area contributed by atoms with E-state index < -0.39 is 0 Å². The summed E-state index contributed by atoms with van der Waals surface area (Å²) in [4.78, 5) is 31.4. The number of nitrogens with zero attached hydrogens (tertiary/aromatic N) is 7. The van der Waals surface area contributed by atoms with Crippen molar-refractivity contribution in [2.24, 2.45) is 0 Å². The minimum Gasteiger partial charge on any atom is -0.494 e. The Kier molecular flexibility index (Phi) is 8.15. The molecule has 218 valence electrons. The van der Waals surface area contributed by atoms with Gasteiger partial charge in [-0.15, -0.1) is 0 Å². The molecule has 10 heteroatoms. The second kappa shape index (κ2) is 12.1. The lowest BCUT2D eigenvalue weighted by atomic mass is 9.89. The molecule has 3 aliphatic heterocycles. The molecule has 1 aromatic rings. The number of likely N-dealkylation sites (tertiary alicyclic amines) is 1. The Morgan fingerprint density at radius 1 is 1.22 bits per heavy atom. The van der Waals surface area contributed by atoms with Crippen LogP contribution in [0.2, 0.25) is 0 Å². The van der Waals surface area contributed by atoms with E-state index >= 15 is 0 Å². The van der Waals surface area contributed by atoms with Crippen LogP contribution in [-0.2, 0) is 22.4 Å². The van der Waals surface area contributed by atoms with Gasteiger partial charge in [-0.25, -0.2) is 0 Å². The quantitative estimate of drug-likeness (QED) is 0.467. The summed E-state index contributed by atoms with van der Waals surface area (Å²) >= 11 is 0. The van der Waals surface area contributed by atoms with Crippen LogP contribution in [0.3, 0.4) is 0 Å². The van der Waals surface area contributed by atoms with E-state index in [1.807, 2.05) is 0 Å². The van der Waals surface area contributed by atoms with Crippen molar-refractivity contribution in [2.75, 3.05) is 57.9 Å². The summed E-state index contributed by atoms with van der Waals surface area (Å²) in [5, 5.41) is 9.51. The first kappa shape index (κ1) is 27.6. The van der Waals surface area contributed by atoms with E-state index in [9.17, 15) is 10.1 Å². The number of nitriles is 1. The normalized spacial score (nSPS) is 26.2. The highest BCUT2D eigenvalue weighted by Gasteiger charge is 2.36. The highest BCUT2D eigenvalue weighted by molar-refractivity contribution is 5.87. The predicted octanol–water partition coefficient (Wildman–Crippen LogP) is 2.82. The molecule has 0 spiro atoms. The summed E-state index contributed by atoms with van der Waals surface area (Å²) in [6.45, 7) is 8.65. The van der Waals surface area contributed by atoms with Gasteiger partial charge in [-0.05, 0) is 57.8 Å². The Morgan fingerprint density at radius 3 is 2.93 bits per heavy atom. The summed E-state index contributed by atoms with van der Waals surface area (Å²) in [5.41, 5.74) is 3.46. The molecule has 0 radical (unpaired) electrons. The van der Waals surface area contributed by atoms with Gasteiger partial charge in [0.25, 0.3) is 0 Å². The second-order valence-corrected chi connectivity index (χ2v) is 11.7. The first-order valence-corrected chi connectivity index (χ1v) is 15.1.